The van der Waals surface area contributed by atoms with Crippen molar-refractivity contribution in [3.05, 3.63) is 174 Å². The maximum Gasteiger partial charge on any atom is 0.647 e. The molecule has 0 fully saturated rings. The van der Waals surface area contributed by atoms with Gasteiger partial charge in [-0.25, -0.2) is 0 Å². The molecule has 0 saturated heterocycles. The van der Waals surface area contributed by atoms with Gasteiger partial charge in [-0.2, -0.15) is 83.6 Å². The topological polar surface area (TPSA) is 132 Å². The van der Waals surface area contributed by atoms with Crippen LogP contribution in [0.1, 0.15) is 64.5 Å². The number of carbonyl (C=O) groups is 3. The molecule has 0 saturated carbocycles. The number of carbonyl (C=O) groups excluding carboxylic acids is 3. The molecule has 0 aliphatic carbocycles. The number of benzene rings is 6. The van der Waals surface area contributed by atoms with Crippen molar-refractivity contribution < 1.29 is 112 Å². The third-order valence-corrected chi connectivity index (χ3v) is 12.0. The van der Waals surface area contributed by atoms with E-state index in [2.05, 4.69) is 0 Å². The Labute approximate surface area is 432 Å². The molecule has 6 rings (SSSR count). The Kier molecular flexibility index (Phi) is 16.5. The third-order valence-electron chi connectivity index (χ3n) is 9.74. The summed E-state index contributed by atoms with van der Waals surface area (Å²) in [6.45, 7) is 0. The fourth-order valence-corrected chi connectivity index (χ4v) is 8.16. The zero-order valence-corrected chi connectivity index (χ0v) is 39.8. The lowest BCUT2D eigenvalue weighted by Crippen LogP contribution is -2.17. The molecule has 0 aliphatic heterocycles. The first-order valence-electron chi connectivity index (χ1n) is 20.1. The van der Waals surface area contributed by atoms with Gasteiger partial charge in [0.15, 0.2) is 0 Å². The van der Waals surface area contributed by atoms with Gasteiger partial charge in [0.05, 0.1) is 65.1 Å². The lowest BCUT2D eigenvalue weighted by molar-refractivity contribution is -0.144. The Morgan fingerprint density at radius 3 is 0.714 bits per heavy atom. The Bertz CT molecular complexity index is 2900. The molecular weight excluding hydrogens is 1170 g/mol. The predicted molar refractivity (Wildman–Crippen MR) is 237 cm³/mol. The summed E-state index contributed by atoms with van der Waals surface area (Å²) in [6.07, 6.45) is -32.2. The van der Waals surface area contributed by atoms with Gasteiger partial charge in [0.1, 0.15) is 17.2 Å². The summed E-state index contributed by atoms with van der Waals surface area (Å²) in [5.41, 5.74) is -16.9. The van der Waals surface area contributed by atoms with Crippen LogP contribution >= 0.6 is 42.6 Å². The number of halogens is 21. The van der Waals surface area contributed by atoms with E-state index in [4.69, 9.17) is 48.4 Å². The summed E-state index contributed by atoms with van der Waals surface area (Å²) in [5, 5.41) is 3.51. The summed E-state index contributed by atoms with van der Waals surface area (Å²) in [7, 11) is -5.71. The van der Waals surface area contributed by atoms with Gasteiger partial charge in [0, 0.05) is 17.1 Å². The zero-order valence-electron chi connectivity index (χ0n) is 36.6. The quantitative estimate of drug-likeness (QED) is 0.0821. The monoisotopic (exact) mass is 1190 g/mol. The molecular formula is C45H21Cl3F18N3O7P. The van der Waals surface area contributed by atoms with E-state index in [0.717, 1.165) is 36.4 Å². The lowest BCUT2D eigenvalue weighted by Gasteiger charge is -2.21. The van der Waals surface area contributed by atoms with Crippen molar-refractivity contribution in [1.29, 1.82) is 0 Å². The van der Waals surface area contributed by atoms with Gasteiger partial charge in [-0.3, -0.25) is 14.4 Å². The molecule has 0 atom stereocenters. The molecule has 3 N–H and O–H groups in total. The summed E-state index contributed by atoms with van der Waals surface area (Å²) in [4.78, 5) is 40.2. The van der Waals surface area contributed by atoms with Crippen molar-refractivity contribution in [2.45, 2.75) is 37.1 Å². The molecule has 0 radical (unpaired) electrons. The highest BCUT2D eigenvalue weighted by molar-refractivity contribution is 7.49. The molecule has 0 aliphatic rings. The van der Waals surface area contributed by atoms with E-state index in [9.17, 15) is 98.0 Å². The number of phosphoric acid groups is 1. The van der Waals surface area contributed by atoms with Crippen LogP contribution in [0.4, 0.5) is 96.1 Å². The highest BCUT2D eigenvalue weighted by Crippen LogP contribution is 2.51. The smallest absolute Gasteiger partial charge is 0.386 e. The van der Waals surface area contributed by atoms with Gasteiger partial charge in [0.2, 0.25) is 0 Å². The van der Waals surface area contributed by atoms with E-state index in [0.29, 0.717) is 18.2 Å². The van der Waals surface area contributed by atoms with Crippen LogP contribution in [-0.2, 0) is 41.6 Å². The highest BCUT2D eigenvalue weighted by Gasteiger charge is 2.41. The van der Waals surface area contributed by atoms with Crippen LogP contribution in [0.2, 0.25) is 15.1 Å². The van der Waals surface area contributed by atoms with Crippen molar-refractivity contribution in [2.24, 2.45) is 0 Å². The summed E-state index contributed by atoms with van der Waals surface area (Å²) in [6, 6.07) is 6.38. The number of nitrogens with one attached hydrogen (secondary N) is 3. The molecule has 3 amide bonds. The van der Waals surface area contributed by atoms with Crippen molar-refractivity contribution in [3.63, 3.8) is 0 Å². The molecule has 32 heteroatoms. The van der Waals surface area contributed by atoms with E-state index in [1.807, 2.05) is 0 Å². The number of amides is 3. The van der Waals surface area contributed by atoms with Crippen molar-refractivity contribution >= 4 is 77.4 Å². The van der Waals surface area contributed by atoms with E-state index in [1.54, 1.807) is 16.0 Å². The molecule has 0 aromatic heterocycles. The fourth-order valence-electron chi connectivity index (χ4n) is 6.33. The molecule has 0 bridgehead atoms. The average Bonchev–Trinajstić information content (AvgIpc) is 3.28. The van der Waals surface area contributed by atoms with Crippen LogP contribution in [0.25, 0.3) is 0 Å². The second-order valence-corrected chi connectivity index (χ2v) is 18.1. The van der Waals surface area contributed by atoms with E-state index < -0.39 is 162 Å². The maximum absolute atomic E-state index is 14.8. The maximum atomic E-state index is 14.8. The second-order valence-electron chi connectivity index (χ2n) is 15.4. The largest absolute Gasteiger partial charge is 0.647 e. The molecule has 6 aromatic carbocycles. The first-order chi connectivity index (χ1) is 35.2. The Morgan fingerprint density at radius 2 is 0.532 bits per heavy atom. The number of alkyl halides is 18. The van der Waals surface area contributed by atoms with Crippen LogP contribution in [0.3, 0.4) is 0 Å². The van der Waals surface area contributed by atoms with Crippen LogP contribution < -0.4 is 29.5 Å². The van der Waals surface area contributed by atoms with Gasteiger partial charge in [-0.1, -0.05) is 34.8 Å². The zero-order chi connectivity index (χ0) is 57.6. The Balaban J connectivity index is 1.39. The van der Waals surface area contributed by atoms with Crippen LogP contribution in [0.5, 0.6) is 17.2 Å². The van der Waals surface area contributed by atoms with Gasteiger partial charge in [-0.05, 0) is 109 Å². The highest BCUT2D eigenvalue weighted by atomic mass is 35.5. The molecule has 0 heterocycles. The van der Waals surface area contributed by atoms with Crippen LogP contribution in [-0.4, -0.2) is 17.7 Å². The number of anilines is 3. The fraction of sp³-hybridized carbons (Fsp3) is 0.133. The van der Waals surface area contributed by atoms with Gasteiger partial charge in [0.25, 0.3) is 17.7 Å². The van der Waals surface area contributed by atoms with Gasteiger partial charge >= 0.3 is 44.9 Å². The lowest BCUT2D eigenvalue weighted by atomic mass is 10.1. The molecule has 6 aromatic rings. The summed E-state index contributed by atoms with van der Waals surface area (Å²) in [5.74, 6) is -7.18. The predicted octanol–water partition coefficient (Wildman–Crippen LogP) is 17.2. The van der Waals surface area contributed by atoms with Crippen molar-refractivity contribution in [2.75, 3.05) is 16.0 Å². The standard InChI is InChI=1S/C45H21Cl3F18N3O7P/c46-34-4-1-28(16-31(34)37(70)67-25-10-19(40(49,50)51)7-20(11-25)41(52,53)54)74-77(73,75-29-2-5-35(47)32(17-29)38(71)68-26-12-21(42(55,56)57)8-22(13-26)43(58,59)60)76-30-3-6-36(48)33(18-30)39(72)69-27-14-23(44(61,62)63)9-24(15-27)45(64,65)66/h1-18H,(H,67,70)(H,68,71)(H,69,72). The minimum absolute atomic E-state index is 0.122. The number of rotatable bonds is 12. The van der Waals surface area contributed by atoms with E-state index in [-0.39, 0.29) is 54.6 Å². The van der Waals surface area contributed by atoms with Gasteiger partial charge in [-0.15, -0.1) is 0 Å². The van der Waals surface area contributed by atoms with Crippen molar-refractivity contribution in [3.8, 4) is 17.2 Å². The molecule has 0 spiro atoms. The van der Waals surface area contributed by atoms with Gasteiger partial charge < -0.3 is 29.5 Å². The number of phosphoric ester groups is 1. The first kappa shape index (κ1) is 59.2. The minimum atomic E-state index is -5.71. The molecule has 10 nitrogen and oxygen atoms in total. The normalized spacial score (nSPS) is 12.7. The third kappa shape index (κ3) is 15.1. The Morgan fingerprint density at radius 1 is 0.338 bits per heavy atom. The minimum Gasteiger partial charge on any atom is -0.386 e. The van der Waals surface area contributed by atoms with Crippen LogP contribution in [0.15, 0.2) is 109 Å². The summed E-state index contributed by atoms with van der Waals surface area (Å²) >= 11 is 18.4. The second kappa shape index (κ2) is 21.4. The summed E-state index contributed by atoms with van der Waals surface area (Å²) < 4.78 is 275. The van der Waals surface area contributed by atoms with Crippen molar-refractivity contribution in [1.82, 2.24) is 0 Å². The SMILES string of the molecule is O=C(Nc1cc(C(F)(F)F)cc(C(F)(F)F)c1)c1cc(OP(=O)(Oc2ccc(Cl)c(C(=O)Nc3cc(C(F)(F)F)cc(C(F)(F)F)c3)c2)Oc2ccc(Cl)c(C(=O)Nc3cc(C(F)(F)F)cc(C(F)(F)F)c3)c2)ccc1Cl. The van der Waals surface area contributed by atoms with Crippen LogP contribution in [0, 0.1) is 0 Å². The number of hydrogen-bond acceptors (Lipinski definition) is 7. The molecule has 77 heavy (non-hydrogen) atoms. The average molecular weight is 1190 g/mol. The molecule has 410 valence electrons. The first-order valence-corrected chi connectivity index (χ1v) is 22.7. The Hall–Kier alpha value is -7.03. The number of hydrogen-bond donors (Lipinski definition) is 3. The van der Waals surface area contributed by atoms with E-state index >= 15 is 0 Å². The van der Waals surface area contributed by atoms with E-state index in [1.165, 1.54) is 0 Å². The molecule has 0 unspecified atom stereocenters.